The molecule has 1 aliphatic heterocycles. The molecule has 1 fully saturated rings. The third kappa shape index (κ3) is 3.51. The van der Waals surface area contributed by atoms with E-state index in [9.17, 15) is 8.42 Å². The highest BCUT2D eigenvalue weighted by Crippen LogP contribution is 2.12. The summed E-state index contributed by atoms with van der Waals surface area (Å²) in [6.45, 7) is 4.32. The Bertz CT molecular complexity index is 479. The second-order valence-corrected chi connectivity index (χ2v) is 6.43. The molecule has 0 spiro atoms. The first-order chi connectivity index (χ1) is 8.58. The topological polar surface area (TPSA) is 71.1 Å². The molecule has 0 radical (unpaired) electrons. The largest absolute Gasteiger partial charge is 0.317 e. The van der Waals surface area contributed by atoms with E-state index in [1.54, 1.807) is 18.3 Å². The molecule has 0 aromatic carbocycles. The summed E-state index contributed by atoms with van der Waals surface area (Å²) in [5, 5.41) is 3.36. The molecular weight excluding hydrogens is 250 g/mol. The minimum atomic E-state index is -3.46. The van der Waals surface area contributed by atoms with Crippen molar-refractivity contribution in [1.29, 1.82) is 0 Å². The fraction of sp³-hybridized carbons (Fsp3) is 0.583. The number of piperidine rings is 1. The fourth-order valence-electron chi connectivity index (χ4n) is 2.00. The molecule has 100 valence electrons. The Labute approximate surface area is 108 Å². The second-order valence-electron chi connectivity index (χ2n) is 4.72. The van der Waals surface area contributed by atoms with Crippen LogP contribution < -0.4 is 10.0 Å². The highest BCUT2D eigenvalue weighted by molar-refractivity contribution is 7.89. The van der Waals surface area contributed by atoms with Gasteiger partial charge in [0.2, 0.25) is 0 Å². The van der Waals surface area contributed by atoms with Crippen molar-refractivity contribution in [3.63, 3.8) is 0 Å². The molecule has 1 aromatic heterocycles. The number of hydrogen-bond acceptors (Lipinski definition) is 4. The van der Waals surface area contributed by atoms with Crippen LogP contribution in [0.15, 0.2) is 23.4 Å². The predicted octanol–water partition coefficient (Wildman–Crippen LogP) is 0.668. The number of aryl methyl sites for hydroxylation is 1. The molecule has 6 heteroatoms. The quantitative estimate of drug-likeness (QED) is 0.842. The molecule has 18 heavy (non-hydrogen) atoms. The molecule has 0 aliphatic carbocycles. The molecule has 1 aromatic rings. The standard InChI is InChI=1S/C12H19N3O2S/c1-10-2-3-12(14-8-10)18(16,17)15-9-11-4-6-13-7-5-11/h2-3,8,11,13,15H,4-7,9H2,1H3. The molecule has 2 rings (SSSR count). The van der Waals surface area contributed by atoms with Gasteiger partial charge < -0.3 is 5.32 Å². The average molecular weight is 269 g/mol. The highest BCUT2D eigenvalue weighted by atomic mass is 32.2. The molecule has 0 amide bonds. The lowest BCUT2D eigenvalue weighted by molar-refractivity contribution is 0.372. The lowest BCUT2D eigenvalue weighted by atomic mass is 9.99. The van der Waals surface area contributed by atoms with Gasteiger partial charge in [0, 0.05) is 12.7 Å². The lowest BCUT2D eigenvalue weighted by Crippen LogP contribution is -2.36. The lowest BCUT2D eigenvalue weighted by Gasteiger charge is -2.22. The third-order valence-corrected chi connectivity index (χ3v) is 4.52. The smallest absolute Gasteiger partial charge is 0.258 e. The number of nitrogens with one attached hydrogen (secondary N) is 2. The number of pyridine rings is 1. The first kappa shape index (κ1) is 13.5. The molecule has 1 saturated heterocycles. The van der Waals surface area contributed by atoms with E-state index in [0.717, 1.165) is 31.5 Å². The van der Waals surface area contributed by atoms with Crippen molar-refractivity contribution in [3.8, 4) is 0 Å². The Kier molecular flexibility index (Phi) is 4.31. The first-order valence-corrected chi connectivity index (χ1v) is 7.69. The highest BCUT2D eigenvalue weighted by Gasteiger charge is 2.19. The molecule has 0 bridgehead atoms. The minimum absolute atomic E-state index is 0.0991. The Hall–Kier alpha value is -0.980. The van der Waals surface area contributed by atoms with Crippen molar-refractivity contribution in [2.45, 2.75) is 24.8 Å². The van der Waals surface area contributed by atoms with Gasteiger partial charge >= 0.3 is 0 Å². The van der Waals surface area contributed by atoms with Gasteiger partial charge in [0.15, 0.2) is 5.03 Å². The number of hydrogen-bond donors (Lipinski definition) is 2. The van der Waals surface area contributed by atoms with E-state index < -0.39 is 10.0 Å². The summed E-state index contributed by atoms with van der Waals surface area (Å²) >= 11 is 0. The second kappa shape index (κ2) is 5.77. The van der Waals surface area contributed by atoms with Crippen LogP contribution in [0.4, 0.5) is 0 Å². The SMILES string of the molecule is Cc1ccc(S(=O)(=O)NCC2CCNCC2)nc1. The van der Waals surface area contributed by atoms with Crippen LogP contribution in [0.25, 0.3) is 0 Å². The van der Waals surface area contributed by atoms with Crippen LogP contribution in [0.1, 0.15) is 18.4 Å². The van der Waals surface area contributed by atoms with Crippen LogP contribution in [-0.2, 0) is 10.0 Å². The zero-order valence-corrected chi connectivity index (χ0v) is 11.3. The van der Waals surface area contributed by atoms with Crippen molar-refractivity contribution in [2.75, 3.05) is 19.6 Å². The van der Waals surface area contributed by atoms with Crippen LogP contribution in [0.2, 0.25) is 0 Å². The third-order valence-electron chi connectivity index (χ3n) is 3.18. The Morgan fingerprint density at radius 1 is 1.39 bits per heavy atom. The molecule has 1 aliphatic rings. The van der Waals surface area contributed by atoms with Crippen LogP contribution in [0, 0.1) is 12.8 Å². The summed E-state index contributed by atoms with van der Waals surface area (Å²) in [6, 6.07) is 3.30. The fourth-order valence-corrected chi connectivity index (χ4v) is 3.04. The van der Waals surface area contributed by atoms with Gasteiger partial charge in [-0.3, -0.25) is 0 Å². The molecule has 2 N–H and O–H groups in total. The van der Waals surface area contributed by atoms with Gasteiger partial charge in [0.05, 0.1) is 0 Å². The van der Waals surface area contributed by atoms with E-state index in [-0.39, 0.29) is 5.03 Å². The monoisotopic (exact) mass is 269 g/mol. The maximum absolute atomic E-state index is 12.0. The van der Waals surface area contributed by atoms with Gasteiger partial charge in [-0.25, -0.2) is 18.1 Å². The predicted molar refractivity (Wildman–Crippen MR) is 69.8 cm³/mol. The molecule has 0 atom stereocenters. The maximum Gasteiger partial charge on any atom is 0.258 e. The number of nitrogens with zero attached hydrogens (tertiary/aromatic N) is 1. The first-order valence-electron chi connectivity index (χ1n) is 6.21. The summed E-state index contributed by atoms with van der Waals surface area (Å²) in [5.41, 5.74) is 0.951. The molecule has 2 heterocycles. The normalized spacial score (nSPS) is 17.8. The number of rotatable bonds is 4. The van der Waals surface area contributed by atoms with E-state index in [1.165, 1.54) is 0 Å². The van der Waals surface area contributed by atoms with E-state index in [2.05, 4.69) is 15.0 Å². The van der Waals surface area contributed by atoms with Gasteiger partial charge in [-0.15, -0.1) is 0 Å². The molecule has 0 unspecified atom stereocenters. The van der Waals surface area contributed by atoms with E-state index in [1.807, 2.05) is 6.92 Å². The number of sulfonamides is 1. The Morgan fingerprint density at radius 3 is 2.72 bits per heavy atom. The van der Waals surface area contributed by atoms with Crippen molar-refractivity contribution in [2.24, 2.45) is 5.92 Å². The minimum Gasteiger partial charge on any atom is -0.317 e. The molecule has 0 saturated carbocycles. The van der Waals surface area contributed by atoms with Gasteiger partial charge in [-0.05, 0) is 50.4 Å². The maximum atomic E-state index is 12.0. The van der Waals surface area contributed by atoms with E-state index in [0.29, 0.717) is 12.5 Å². The van der Waals surface area contributed by atoms with Gasteiger partial charge in [-0.1, -0.05) is 6.07 Å². The van der Waals surface area contributed by atoms with Crippen LogP contribution in [-0.4, -0.2) is 33.0 Å². The zero-order valence-electron chi connectivity index (χ0n) is 10.5. The van der Waals surface area contributed by atoms with Gasteiger partial charge in [-0.2, -0.15) is 0 Å². The summed E-state index contributed by atoms with van der Waals surface area (Å²) in [7, 11) is -3.46. The van der Waals surface area contributed by atoms with Crippen molar-refractivity contribution in [1.82, 2.24) is 15.0 Å². The van der Waals surface area contributed by atoms with Crippen LogP contribution in [0.3, 0.4) is 0 Å². The number of aromatic nitrogens is 1. The van der Waals surface area contributed by atoms with Gasteiger partial charge in [0.1, 0.15) is 0 Å². The van der Waals surface area contributed by atoms with Crippen LogP contribution in [0.5, 0.6) is 0 Å². The summed E-state index contributed by atoms with van der Waals surface area (Å²) < 4.78 is 26.6. The van der Waals surface area contributed by atoms with E-state index in [4.69, 9.17) is 0 Å². The van der Waals surface area contributed by atoms with Crippen molar-refractivity contribution >= 4 is 10.0 Å². The van der Waals surface area contributed by atoms with Crippen molar-refractivity contribution in [3.05, 3.63) is 23.9 Å². The average Bonchev–Trinajstić information content (AvgIpc) is 2.38. The Balaban J connectivity index is 1.96. The zero-order chi connectivity index (χ0) is 13.0. The van der Waals surface area contributed by atoms with Crippen LogP contribution >= 0.6 is 0 Å². The van der Waals surface area contributed by atoms with E-state index >= 15 is 0 Å². The summed E-state index contributed by atoms with van der Waals surface area (Å²) in [4.78, 5) is 3.95. The molecular formula is C12H19N3O2S. The van der Waals surface area contributed by atoms with Crippen molar-refractivity contribution < 1.29 is 8.42 Å². The van der Waals surface area contributed by atoms with Gasteiger partial charge in [0.25, 0.3) is 10.0 Å². The summed E-state index contributed by atoms with van der Waals surface area (Å²) in [6.07, 6.45) is 3.60. The summed E-state index contributed by atoms with van der Waals surface area (Å²) in [5.74, 6) is 0.423. The molecule has 5 nitrogen and oxygen atoms in total. The Morgan fingerprint density at radius 2 is 2.11 bits per heavy atom.